The van der Waals surface area contributed by atoms with Gasteiger partial charge in [-0.2, -0.15) is 0 Å². The fraction of sp³-hybridized carbons (Fsp3) is 0.375. The van der Waals surface area contributed by atoms with Crippen LogP contribution in [0.1, 0.15) is 43.5 Å². The van der Waals surface area contributed by atoms with Crippen LogP contribution >= 0.6 is 0 Å². The Hall–Kier alpha value is -2.10. The largest absolute Gasteiger partial charge is 0.493 e. The standard InChI is InChI=1S/C16H19N3O/c1-11(2)14-9-16(18-10-17-14)19-13-7-8-20-15-6-4-3-5-12(13)15/h3-6,9-11,13H,7-8H2,1-2H3,(H,17,18,19). The normalized spacial score (nSPS) is 17.4. The van der Waals surface area contributed by atoms with E-state index in [1.165, 1.54) is 5.56 Å². The van der Waals surface area contributed by atoms with Crippen LogP contribution in [0, 0.1) is 0 Å². The van der Waals surface area contributed by atoms with Gasteiger partial charge in [-0.1, -0.05) is 32.0 Å². The molecule has 0 bridgehead atoms. The predicted octanol–water partition coefficient (Wildman–Crippen LogP) is 3.54. The number of nitrogens with one attached hydrogen (secondary N) is 1. The van der Waals surface area contributed by atoms with Crippen molar-refractivity contribution < 1.29 is 4.74 Å². The lowest BCUT2D eigenvalue weighted by Crippen LogP contribution is -2.20. The molecule has 4 heteroatoms. The molecule has 3 rings (SSSR count). The summed E-state index contributed by atoms with van der Waals surface area (Å²) in [5.41, 5.74) is 2.26. The molecule has 1 atom stereocenters. The van der Waals surface area contributed by atoms with Crippen LogP contribution in [0.4, 0.5) is 5.82 Å². The van der Waals surface area contributed by atoms with Crippen LogP contribution in [0.15, 0.2) is 36.7 Å². The predicted molar refractivity (Wildman–Crippen MR) is 79.0 cm³/mol. The Bertz CT molecular complexity index is 598. The van der Waals surface area contributed by atoms with Crippen LogP contribution < -0.4 is 10.1 Å². The van der Waals surface area contributed by atoms with E-state index >= 15 is 0 Å². The van der Waals surface area contributed by atoms with Crippen molar-refractivity contribution in [3.63, 3.8) is 0 Å². The van der Waals surface area contributed by atoms with E-state index in [0.717, 1.165) is 30.3 Å². The van der Waals surface area contributed by atoms with Crippen LogP contribution in [-0.2, 0) is 0 Å². The fourth-order valence-corrected chi connectivity index (χ4v) is 2.44. The lowest BCUT2D eigenvalue weighted by Gasteiger charge is -2.27. The molecule has 0 radical (unpaired) electrons. The van der Waals surface area contributed by atoms with Gasteiger partial charge in [0.15, 0.2) is 0 Å². The Morgan fingerprint density at radius 3 is 2.95 bits per heavy atom. The van der Waals surface area contributed by atoms with Crippen molar-refractivity contribution in [3.05, 3.63) is 47.9 Å². The molecule has 1 aromatic carbocycles. The minimum absolute atomic E-state index is 0.245. The van der Waals surface area contributed by atoms with Gasteiger partial charge in [0.1, 0.15) is 17.9 Å². The number of hydrogen-bond acceptors (Lipinski definition) is 4. The Kier molecular flexibility index (Phi) is 3.54. The van der Waals surface area contributed by atoms with E-state index in [1.807, 2.05) is 24.3 Å². The molecule has 1 N–H and O–H groups in total. The van der Waals surface area contributed by atoms with Crippen molar-refractivity contribution in [3.8, 4) is 5.75 Å². The maximum absolute atomic E-state index is 5.68. The lowest BCUT2D eigenvalue weighted by molar-refractivity contribution is 0.274. The zero-order valence-electron chi connectivity index (χ0n) is 11.8. The molecule has 0 fully saturated rings. The summed E-state index contributed by atoms with van der Waals surface area (Å²) in [6.07, 6.45) is 2.57. The van der Waals surface area contributed by atoms with Crippen molar-refractivity contribution in [1.82, 2.24) is 9.97 Å². The second-order valence-corrected chi connectivity index (χ2v) is 5.35. The molecule has 4 nitrogen and oxygen atoms in total. The average Bonchev–Trinajstić information content (AvgIpc) is 2.48. The summed E-state index contributed by atoms with van der Waals surface area (Å²) in [6, 6.07) is 10.4. The summed E-state index contributed by atoms with van der Waals surface area (Å²) in [5.74, 6) is 2.25. The molecular weight excluding hydrogens is 250 g/mol. The first-order chi connectivity index (χ1) is 9.74. The molecule has 1 aromatic heterocycles. The summed E-state index contributed by atoms with van der Waals surface area (Å²) >= 11 is 0. The van der Waals surface area contributed by atoms with Gasteiger partial charge in [-0.3, -0.25) is 0 Å². The number of rotatable bonds is 3. The monoisotopic (exact) mass is 269 g/mol. The third kappa shape index (κ3) is 2.59. The van der Waals surface area contributed by atoms with Crippen LogP contribution in [0.2, 0.25) is 0 Å². The van der Waals surface area contributed by atoms with Gasteiger partial charge in [0, 0.05) is 23.7 Å². The Labute approximate surface area is 119 Å². The molecule has 20 heavy (non-hydrogen) atoms. The van der Waals surface area contributed by atoms with E-state index in [9.17, 15) is 0 Å². The van der Waals surface area contributed by atoms with Gasteiger partial charge >= 0.3 is 0 Å². The van der Waals surface area contributed by atoms with E-state index in [4.69, 9.17) is 4.74 Å². The summed E-state index contributed by atoms with van der Waals surface area (Å²) < 4.78 is 5.68. The summed E-state index contributed by atoms with van der Waals surface area (Å²) in [7, 11) is 0. The van der Waals surface area contributed by atoms with Crippen LogP contribution in [0.3, 0.4) is 0 Å². The number of benzene rings is 1. The molecule has 0 saturated carbocycles. The van der Waals surface area contributed by atoms with Crippen molar-refractivity contribution in [2.75, 3.05) is 11.9 Å². The number of ether oxygens (including phenoxy) is 1. The number of hydrogen-bond donors (Lipinski definition) is 1. The van der Waals surface area contributed by atoms with E-state index in [-0.39, 0.29) is 6.04 Å². The quantitative estimate of drug-likeness (QED) is 0.926. The van der Waals surface area contributed by atoms with Gasteiger partial charge in [-0.15, -0.1) is 0 Å². The second kappa shape index (κ2) is 5.49. The highest BCUT2D eigenvalue weighted by atomic mass is 16.5. The van der Waals surface area contributed by atoms with Gasteiger partial charge in [-0.25, -0.2) is 9.97 Å². The number of fused-ring (bicyclic) bond motifs is 1. The van der Waals surface area contributed by atoms with Crippen molar-refractivity contribution in [2.24, 2.45) is 0 Å². The van der Waals surface area contributed by atoms with Crippen molar-refractivity contribution in [1.29, 1.82) is 0 Å². The first-order valence-electron chi connectivity index (χ1n) is 7.04. The first kappa shape index (κ1) is 12.9. The third-order valence-electron chi connectivity index (χ3n) is 3.56. The second-order valence-electron chi connectivity index (χ2n) is 5.35. The Balaban J connectivity index is 1.84. The number of aromatic nitrogens is 2. The van der Waals surface area contributed by atoms with E-state index < -0.39 is 0 Å². The number of anilines is 1. The topological polar surface area (TPSA) is 47.0 Å². The molecule has 2 aromatic rings. The third-order valence-corrected chi connectivity index (χ3v) is 3.56. The minimum Gasteiger partial charge on any atom is -0.493 e. The number of nitrogens with zero attached hydrogens (tertiary/aromatic N) is 2. The molecule has 104 valence electrons. The van der Waals surface area contributed by atoms with Crippen LogP contribution in [0.25, 0.3) is 0 Å². The molecule has 0 aliphatic carbocycles. The molecule has 0 spiro atoms. The van der Waals surface area contributed by atoms with E-state index in [1.54, 1.807) is 6.33 Å². The average molecular weight is 269 g/mol. The molecule has 0 saturated heterocycles. The van der Waals surface area contributed by atoms with Crippen LogP contribution in [-0.4, -0.2) is 16.6 Å². The van der Waals surface area contributed by atoms with E-state index in [2.05, 4.69) is 35.2 Å². The SMILES string of the molecule is CC(C)c1cc(NC2CCOc3ccccc32)ncn1. The molecular formula is C16H19N3O. The Morgan fingerprint density at radius 2 is 2.10 bits per heavy atom. The highest BCUT2D eigenvalue weighted by molar-refractivity contribution is 5.44. The van der Waals surface area contributed by atoms with Gasteiger partial charge in [-0.05, 0) is 12.0 Å². The van der Waals surface area contributed by atoms with Crippen molar-refractivity contribution in [2.45, 2.75) is 32.2 Å². The fourth-order valence-electron chi connectivity index (χ4n) is 2.44. The smallest absolute Gasteiger partial charge is 0.130 e. The maximum Gasteiger partial charge on any atom is 0.130 e. The first-order valence-corrected chi connectivity index (χ1v) is 7.04. The van der Waals surface area contributed by atoms with E-state index in [0.29, 0.717) is 5.92 Å². The molecule has 1 unspecified atom stereocenters. The molecule has 1 aliphatic heterocycles. The highest BCUT2D eigenvalue weighted by Gasteiger charge is 2.21. The van der Waals surface area contributed by atoms with Gasteiger partial charge in [0.05, 0.1) is 12.6 Å². The molecule has 0 amide bonds. The van der Waals surface area contributed by atoms with Gasteiger partial charge in [0.25, 0.3) is 0 Å². The summed E-state index contributed by atoms with van der Waals surface area (Å²) in [4.78, 5) is 8.63. The van der Waals surface area contributed by atoms with Crippen LogP contribution in [0.5, 0.6) is 5.75 Å². The maximum atomic E-state index is 5.68. The molecule has 2 heterocycles. The van der Waals surface area contributed by atoms with Crippen molar-refractivity contribution >= 4 is 5.82 Å². The molecule has 1 aliphatic rings. The summed E-state index contributed by atoms with van der Waals surface area (Å²) in [5, 5.41) is 3.50. The summed E-state index contributed by atoms with van der Waals surface area (Å²) in [6.45, 7) is 5.00. The Morgan fingerprint density at radius 1 is 1.25 bits per heavy atom. The number of para-hydroxylation sites is 1. The van der Waals surface area contributed by atoms with Gasteiger partial charge < -0.3 is 10.1 Å². The van der Waals surface area contributed by atoms with Gasteiger partial charge in [0.2, 0.25) is 0 Å². The highest BCUT2D eigenvalue weighted by Crippen LogP contribution is 2.33. The zero-order valence-corrected chi connectivity index (χ0v) is 11.8. The lowest BCUT2D eigenvalue weighted by atomic mass is 10.0. The minimum atomic E-state index is 0.245. The zero-order chi connectivity index (χ0) is 13.9.